The molecule has 0 aliphatic rings. The molecular weight excluding hydrogens is 301 g/mol. The van der Waals surface area contributed by atoms with E-state index in [1.807, 2.05) is 6.07 Å². The molecule has 1 amide bonds. The van der Waals surface area contributed by atoms with E-state index in [9.17, 15) is 18.0 Å². The maximum atomic E-state index is 11.9. The molecule has 0 spiro atoms. The molecular formula is C13H15F3N4O2. The number of fused-ring (bicyclic) bond motifs is 1. The maximum absolute atomic E-state index is 11.9. The highest BCUT2D eigenvalue weighted by molar-refractivity contribution is 5.76. The van der Waals surface area contributed by atoms with Crippen molar-refractivity contribution in [2.24, 2.45) is 0 Å². The molecule has 6 nitrogen and oxygen atoms in total. The number of pyridine rings is 1. The van der Waals surface area contributed by atoms with E-state index in [4.69, 9.17) is 0 Å². The Balaban J connectivity index is 1.84. The lowest BCUT2D eigenvalue weighted by Gasteiger charge is -2.12. The molecule has 0 fully saturated rings. The van der Waals surface area contributed by atoms with Gasteiger partial charge in [0.2, 0.25) is 5.91 Å². The number of halogens is 3. The molecule has 2 rings (SSSR count). The molecule has 2 heterocycles. The summed E-state index contributed by atoms with van der Waals surface area (Å²) in [5.41, 5.74) is 0.645. The van der Waals surface area contributed by atoms with Crippen LogP contribution in [-0.4, -0.2) is 39.9 Å². The third-order valence-corrected chi connectivity index (χ3v) is 2.84. The summed E-state index contributed by atoms with van der Waals surface area (Å²) in [5, 5.41) is 10.6. The topological polar surface area (TPSA) is 68.5 Å². The fourth-order valence-corrected chi connectivity index (χ4v) is 1.89. The van der Waals surface area contributed by atoms with Gasteiger partial charge in [-0.25, -0.2) is 0 Å². The van der Waals surface area contributed by atoms with E-state index in [1.54, 1.807) is 29.7 Å². The normalized spacial score (nSPS) is 13.3. The average molecular weight is 316 g/mol. The standard InChI is InChI=1S/C13H15F3N4O2/c1-9(12-19-18-10-4-2-3-6-20(10)12)17-11(21)5-7-22-8-13(14,15)16/h2-4,6,9H,5,7-8H2,1H3,(H,17,21). The zero-order valence-electron chi connectivity index (χ0n) is 11.8. The number of aromatic nitrogens is 3. The summed E-state index contributed by atoms with van der Waals surface area (Å²) in [7, 11) is 0. The Hall–Kier alpha value is -2.16. The number of hydrogen-bond acceptors (Lipinski definition) is 4. The zero-order valence-corrected chi connectivity index (χ0v) is 11.8. The predicted octanol–water partition coefficient (Wildman–Crippen LogP) is 1.88. The SMILES string of the molecule is CC(NC(=O)CCOCC(F)(F)F)c1nnc2ccccn12. The lowest BCUT2D eigenvalue weighted by atomic mass is 10.3. The van der Waals surface area contributed by atoms with Gasteiger partial charge in [0.15, 0.2) is 11.5 Å². The summed E-state index contributed by atoms with van der Waals surface area (Å²) in [6, 6.07) is 4.97. The van der Waals surface area contributed by atoms with E-state index in [1.165, 1.54) is 0 Å². The lowest BCUT2D eigenvalue weighted by Crippen LogP contribution is -2.29. The largest absolute Gasteiger partial charge is 0.411 e. The molecule has 0 saturated carbocycles. The Morgan fingerprint density at radius 2 is 2.18 bits per heavy atom. The maximum Gasteiger partial charge on any atom is 0.411 e. The van der Waals surface area contributed by atoms with Crippen molar-refractivity contribution < 1.29 is 22.7 Å². The van der Waals surface area contributed by atoms with Gasteiger partial charge in [-0.2, -0.15) is 13.2 Å². The van der Waals surface area contributed by atoms with Gasteiger partial charge in [-0.1, -0.05) is 6.07 Å². The second-order valence-corrected chi connectivity index (χ2v) is 4.69. The van der Waals surface area contributed by atoms with Crippen LogP contribution in [0.2, 0.25) is 0 Å². The lowest BCUT2D eigenvalue weighted by molar-refractivity contribution is -0.174. The Morgan fingerprint density at radius 1 is 1.41 bits per heavy atom. The summed E-state index contributed by atoms with van der Waals surface area (Å²) in [6.07, 6.45) is -2.78. The first-order chi connectivity index (χ1) is 10.4. The molecule has 0 bridgehead atoms. The second-order valence-electron chi connectivity index (χ2n) is 4.69. The van der Waals surface area contributed by atoms with Crippen molar-refractivity contribution in [3.63, 3.8) is 0 Å². The monoisotopic (exact) mass is 316 g/mol. The van der Waals surface area contributed by atoms with Crippen LogP contribution in [0.4, 0.5) is 13.2 Å². The quantitative estimate of drug-likeness (QED) is 0.826. The van der Waals surface area contributed by atoms with Crippen LogP contribution in [0.3, 0.4) is 0 Å². The van der Waals surface area contributed by atoms with Crippen molar-refractivity contribution in [3.05, 3.63) is 30.2 Å². The van der Waals surface area contributed by atoms with E-state index in [0.717, 1.165) is 0 Å². The van der Waals surface area contributed by atoms with Crippen molar-refractivity contribution in [2.45, 2.75) is 25.6 Å². The molecule has 2 aromatic rings. The number of amides is 1. The van der Waals surface area contributed by atoms with Gasteiger partial charge in [0.05, 0.1) is 12.6 Å². The minimum absolute atomic E-state index is 0.156. The van der Waals surface area contributed by atoms with Crippen LogP contribution in [-0.2, 0) is 9.53 Å². The highest BCUT2D eigenvalue weighted by Gasteiger charge is 2.27. The minimum Gasteiger partial charge on any atom is -0.372 e. The van der Waals surface area contributed by atoms with Gasteiger partial charge in [-0.15, -0.1) is 10.2 Å². The first-order valence-corrected chi connectivity index (χ1v) is 6.60. The number of rotatable bonds is 6. The third-order valence-electron chi connectivity index (χ3n) is 2.84. The summed E-state index contributed by atoms with van der Waals surface area (Å²) >= 11 is 0. The van der Waals surface area contributed by atoms with E-state index in [2.05, 4.69) is 20.3 Å². The fourth-order valence-electron chi connectivity index (χ4n) is 1.89. The van der Waals surface area contributed by atoms with Gasteiger partial charge in [0.1, 0.15) is 6.61 Å². The number of ether oxygens (including phenoxy) is 1. The zero-order chi connectivity index (χ0) is 16.2. The highest BCUT2D eigenvalue weighted by atomic mass is 19.4. The summed E-state index contributed by atoms with van der Waals surface area (Å²) in [4.78, 5) is 11.7. The predicted molar refractivity (Wildman–Crippen MR) is 71.0 cm³/mol. The fraction of sp³-hybridized carbons (Fsp3) is 0.462. The van der Waals surface area contributed by atoms with E-state index in [0.29, 0.717) is 11.5 Å². The Kier molecular flexibility index (Phi) is 4.96. The molecule has 0 aliphatic heterocycles. The molecule has 0 radical (unpaired) electrons. The Labute approximate surface area is 124 Å². The van der Waals surface area contributed by atoms with Crippen molar-refractivity contribution >= 4 is 11.6 Å². The van der Waals surface area contributed by atoms with Gasteiger partial charge in [-0.05, 0) is 19.1 Å². The van der Waals surface area contributed by atoms with Crippen molar-refractivity contribution in [3.8, 4) is 0 Å². The minimum atomic E-state index is -4.38. The number of carbonyl (C=O) groups excluding carboxylic acids is 1. The van der Waals surface area contributed by atoms with Gasteiger partial charge in [0, 0.05) is 12.6 Å². The first-order valence-electron chi connectivity index (χ1n) is 6.60. The van der Waals surface area contributed by atoms with Crippen LogP contribution < -0.4 is 5.32 Å². The van der Waals surface area contributed by atoms with E-state index in [-0.39, 0.29) is 13.0 Å². The molecule has 0 aliphatic carbocycles. The van der Waals surface area contributed by atoms with Crippen LogP contribution in [0.5, 0.6) is 0 Å². The van der Waals surface area contributed by atoms with Crippen molar-refractivity contribution in [1.29, 1.82) is 0 Å². The van der Waals surface area contributed by atoms with Crippen molar-refractivity contribution in [2.75, 3.05) is 13.2 Å². The van der Waals surface area contributed by atoms with Crippen LogP contribution in [0.25, 0.3) is 5.65 Å². The molecule has 1 atom stereocenters. The molecule has 120 valence electrons. The summed E-state index contributed by atoms with van der Waals surface area (Å²) in [6.45, 7) is 0.0707. The number of hydrogen-bond donors (Lipinski definition) is 1. The number of nitrogens with zero attached hydrogens (tertiary/aromatic N) is 3. The van der Waals surface area contributed by atoms with Gasteiger partial charge in [0.25, 0.3) is 0 Å². The second kappa shape index (κ2) is 6.73. The van der Waals surface area contributed by atoms with Gasteiger partial charge < -0.3 is 10.1 Å². The molecule has 1 unspecified atom stereocenters. The van der Waals surface area contributed by atoms with E-state index >= 15 is 0 Å². The number of nitrogens with one attached hydrogen (secondary N) is 1. The van der Waals surface area contributed by atoms with E-state index < -0.39 is 24.7 Å². The average Bonchev–Trinajstić information content (AvgIpc) is 2.86. The van der Waals surface area contributed by atoms with Crippen LogP contribution in [0.1, 0.15) is 25.2 Å². The third kappa shape index (κ3) is 4.42. The summed E-state index contributed by atoms with van der Waals surface area (Å²) < 4.78 is 41.8. The van der Waals surface area contributed by atoms with Crippen LogP contribution in [0.15, 0.2) is 24.4 Å². The van der Waals surface area contributed by atoms with Crippen molar-refractivity contribution in [1.82, 2.24) is 19.9 Å². The molecule has 0 aromatic carbocycles. The van der Waals surface area contributed by atoms with Crippen LogP contribution in [0, 0.1) is 0 Å². The van der Waals surface area contributed by atoms with Crippen LogP contribution >= 0.6 is 0 Å². The Morgan fingerprint density at radius 3 is 2.91 bits per heavy atom. The highest BCUT2D eigenvalue weighted by Crippen LogP contribution is 2.15. The number of alkyl halides is 3. The van der Waals surface area contributed by atoms with Gasteiger partial charge >= 0.3 is 6.18 Å². The molecule has 0 saturated heterocycles. The van der Waals surface area contributed by atoms with Gasteiger partial charge in [-0.3, -0.25) is 9.20 Å². The molecule has 1 N–H and O–H groups in total. The molecule has 9 heteroatoms. The summed E-state index contributed by atoms with van der Waals surface area (Å²) in [5.74, 6) is 0.127. The molecule has 22 heavy (non-hydrogen) atoms. The molecule has 2 aromatic heterocycles. The number of carbonyl (C=O) groups is 1. The first kappa shape index (κ1) is 16.2. The Bertz CT molecular complexity index is 641. The smallest absolute Gasteiger partial charge is 0.372 e.